The van der Waals surface area contributed by atoms with Crippen molar-refractivity contribution in [1.29, 1.82) is 0 Å². The molecular weight excluding hydrogens is 336 g/mol. The van der Waals surface area contributed by atoms with Crippen LogP contribution in [0.4, 0.5) is 5.69 Å². The number of hydrogen-bond donors (Lipinski definition) is 2. The molecule has 2 N–H and O–H groups in total. The quantitative estimate of drug-likeness (QED) is 0.636. The van der Waals surface area contributed by atoms with Gasteiger partial charge in [-0.1, -0.05) is 31.7 Å². The molecule has 7 rings (SSSR count). The molecule has 1 aliphatic carbocycles. The SMILES string of the molecule is C=CC[N@+]12[C@H](O)[C@@H](CC)[C@@H]3C[C@H]1[C@@H]1N(C)c4ccccc4[C@]14C[C@H]2[C@@H]3[C@H]4O. The Hall–Kier alpha value is -1.36. The van der Waals surface area contributed by atoms with Gasteiger partial charge in [0.15, 0.2) is 6.23 Å². The van der Waals surface area contributed by atoms with Crippen LogP contribution in [0.5, 0.6) is 0 Å². The maximum Gasteiger partial charge on any atom is 0.194 e. The van der Waals surface area contributed by atoms with Crippen molar-refractivity contribution in [2.24, 2.45) is 17.8 Å². The van der Waals surface area contributed by atoms with Crippen LogP contribution >= 0.6 is 0 Å². The van der Waals surface area contributed by atoms with Gasteiger partial charge >= 0.3 is 0 Å². The summed E-state index contributed by atoms with van der Waals surface area (Å²) in [7, 11) is 2.21. The lowest BCUT2D eigenvalue weighted by atomic mass is 9.60. The van der Waals surface area contributed by atoms with E-state index < -0.39 is 0 Å². The fraction of sp³-hybridized carbons (Fsp3) is 0.652. The minimum absolute atomic E-state index is 0.161. The minimum Gasteiger partial charge on any atom is -0.392 e. The van der Waals surface area contributed by atoms with E-state index in [1.165, 1.54) is 11.3 Å². The molecule has 4 saturated heterocycles. The van der Waals surface area contributed by atoms with Gasteiger partial charge in [0.05, 0.1) is 30.1 Å². The van der Waals surface area contributed by atoms with Crippen molar-refractivity contribution in [1.82, 2.24) is 0 Å². The summed E-state index contributed by atoms with van der Waals surface area (Å²) in [5.41, 5.74) is 2.47. The molecule has 0 unspecified atom stereocenters. The topological polar surface area (TPSA) is 43.7 Å². The number of likely N-dealkylation sites (N-methyl/N-ethyl adjacent to an activating group) is 1. The molecule has 10 atom stereocenters. The van der Waals surface area contributed by atoms with Crippen LogP contribution in [0.15, 0.2) is 36.9 Å². The normalized spacial score (nSPS) is 53.6. The van der Waals surface area contributed by atoms with Gasteiger partial charge in [-0.15, -0.1) is 0 Å². The standard InChI is InChI=1S/C23H31N2O2/c1-4-10-25-17-11-14(13(5-2)22(25)27)19-18(25)12-23(21(19)26)15-8-6-7-9-16(15)24(3)20(17)23/h4,6-9,13-14,17-22,26-27H,1,5,10-12H2,2-3H3/q+1/t13-,14-,17-,18-,19+,20-,21+,22+,23+,25-/m0/s1. The Morgan fingerprint density at radius 2 is 2.07 bits per heavy atom. The maximum absolute atomic E-state index is 11.9. The van der Waals surface area contributed by atoms with E-state index in [9.17, 15) is 10.2 Å². The number of benzene rings is 1. The summed E-state index contributed by atoms with van der Waals surface area (Å²) in [5.74, 6) is 1.05. The van der Waals surface area contributed by atoms with Crippen LogP contribution < -0.4 is 4.90 Å². The van der Waals surface area contributed by atoms with E-state index >= 15 is 0 Å². The predicted octanol–water partition coefficient (Wildman–Crippen LogP) is 2.26. The van der Waals surface area contributed by atoms with Crippen molar-refractivity contribution >= 4 is 5.69 Å². The Labute approximate surface area is 161 Å². The van der Waals surface area contributed by atoms with Gasteiger partial charge in [0.1, 0.15) is 6.04 Å². The molecular formula is C23H31N2O2+. The smallest absolute Gasteiger partial charge is 0.194 e. The van der Waals surface area contributed by atoms with Crippen LogP contribution in [0.3, 0.4) is 0 Å². The summed E-state index contributed by atoms with van der Waals surface area (Å²) < 4.78 is 0.755. The van der Waals surface area contributed by atoms with Crippen molar-refractivity contribution in [3.8, 4) is 0 Å². The maximum atomic E-state index is 11.9. The molecule has 5 aliphatic heterocycles. The highest BCUT2D eigenvalue weighted by Gasteiger charge is 2.82. The zero-order valence-corrected chi connectivity index (χ0v) is 16.3. The fourth-order valence-electron chi connectivity index (χ4n) is 8.98. The Morgan fingerprint density at radius 1 is 1.30 bits per heavy atom. The lowest BCUT2D eigenvalue weighted by molar-refractivity contribution is -1.03. The molecule has 1 saturated carbocycles. The molecule has 0 aromatic heterocycles. The zero-order chi connectivity index (χ0) is 18.7. The molecule has 1 spiro atoms. The molecule has 6 aliphatic rings. The average Bonchev–Trinajstić information content (AvgIpc) is 3.06. The number of quaternary nitrogens is 1. The van der Waals surface area contributed by atoms with Crippen LogP contribution in [0.2, 0.25) is 0 Å². The second-order valence-corrected chi connectivity index (χ2v) is 9.83. The van der Waals surface area contributed by atoms with Crippen LogP contribution in [-0.2, 0) is 5.41 Å². The van der Waals surface area contributed by atoms with Gasteiger partial charge in [-0.2, -0.15) is 0 Å². The Morgan fingerprint density at radius 3 is 2.81 bits per heavy atom. The van der Waals surface area contributed by atoms with Gasteiger partial charge in [-0.05, 0) is 30.0 Å². The summed E-state index contributed by atoms with van der Waals surface area (Å²) in [6, 6.07) is 9.71. The first kappa shape index (κ1) is 16.6. The molecule has 5 bridgehead atoms. The third kappa shape index (κ3) is 1.47. The molecule has 27 heavy (non-hydrogen) atoms. The summed E-state index contributed by atoms with van der Waals surface area (Å²) in [6.45, 7) is 7.10. The van der Waals surface area contributed by atoms with E-state index in [0.29, 0.717) is 29.8 Å². The first-order valence-corrected chi connectivity index (χ1v) is 10.7. The molecule has 0 radical (unpaired) electrons. The highest BCUT2D eigenvalue weighted by Crippen LogP contribution is 2.71. The number of anilines is 1. The summed E-state index contributed by atoms with van der Waals surface area (Å²) in [6.07, 6.45) is 4.52. The number of aliphatic hydroxyl groups excluding tert-OH is 2. The Balaban J connectivity index is 1.63. The number of nitrogens with zero attached hydrogens (tertiary/aromatic N) is 2. The number of rotatable bonds is 3. The number of fused-ring (bicyclic) bond motifs is 2. The van der Waals surface area contributed by atoms with Crippen molar-refractivity contribution in [3.05, 3.63) is 42.5 Å². The van der Waals surface area contributed by atoms with Crippen LogP contribution in [0.25, 0.3) is 0 Å². The lowest BCUT2D eigenvalue weighted by Crippen LogP contribution is -2.82. The Bertz CT molecular complexity index is 826. The van der Waals surface area contributed by atoms with Gasteiger partial charge in [0.25, 0.3) is 0 Å². The average molecular weight is 368 g/mol. The number of hydrogen-bond acceptors (Lipinski definition) is 3. The molecule has 5 fully saturated rings. The van der Waals surface area contributed by atoms with Crippen LogP contribution in [0, 0.1) is 17.8 Å². The third-order valence-electron chi connectivity index (χ3n) is 9.56. The van der Waals surface area contributed by atoms with E-state index in [0.717, 1.165) is 30.3 Å². The number of piperidine rings is 4. The molecule has 1 aromatic carbocycles. The summed E-state index contributed by atoms with van der Waals surface area (Å²) >= 11 is 0. The van der Waals surface area contributed by atoms with Gasteiger partial charge in [-0.3, -0.25) is 4.48 Å². The number of aliphatic hydroxyl groups is 2. The highest BCUT2D eigenvalue weighted by molar-refractivity contribution is 5.66. The summed E-state index contributed by atoms with van der Waals surface area (Å²) in [4.78, 5) is 2.44. The molecule has 5 heterocycles. The first-order valence-electron chi connectivity index (χ1n) is 10.7. The van der Waals surface area contributed by atoms with Gasteiger partial charge in [0, 0.05) is 37.4 Å². The van der Waals surface area contributed by atoms with Gasteiger partial charge in [0.2, 0.25) is 0 Å². The van der Waals surface area contributed by atoms with Crippen molar-refractivity contribution in [3.63, 3.8) is 0 Å². The zero-order valence-electron chi connectivity index (χ0n) is 16.3. The van der Waals surface area contributed by atoms with E-state index in [1.54, 1.807) is 0 Å². The van der Waals surface area contributed by atoms with Crippen LogP contribution in [0.1, 0.15) is 31.7 Å². The fourth-order valence-corrected chi connectivity index (χ4v) is 8.98. The molecule has 1 aromatic rings. The van der Waals surface area contributed by atoms with Crippen molar-refractivity contribution in [2.75, 3.05) is 18.5 Å². The summed E-state index contributed by atoms with van der Waals surface area (Å²) in [5, 5.41) is 23.5. The molecule has 0 amide bonds. The second kappa shape index (κ2) is 4.97. The monoisotopic (exact) mass is 367 g/mol. The molecule has 4 nitrogen and oxygen atoms in total. The third-order valence-corrected chi connectivity index (χ3v) is 9.56. The highest BCUT2D eigenvalue weighted by atomic mass is 16.3. The molecule has 4 heteroatoms. The lowest BCUT2D eigenvalue weighted by Gasteiger charge is -2.67. The Kier molecular flexibility index (Phi) is 3.05. The predicted molar refractivity (Wildman–Crippen MR) is 105 cm³/mol. The van der Waals surface area contributed by atoms with E-state index in [-0.39, 0.29) is 23.8 Å². The van der Waals surface area contributed by atoms with Crippen molar-refractivity contribution in [2.45, 2.75) is 62.1 Å². The number of para-hydroxylation sites is 1. The first-order chi connectivity index (χ1) is 13.0. The second-order valence-electron chi connectivity index (χ2n) is 9.83. The van der Waals surface area contributed by atoms with E-state index in [2.05, 4.69) is 49.7 Å². The van der Waals surface area contributed by atoms with Gasteiger partial charge in [-0.25, -0.2) is 0 Å². The van der Waals surface area contributed by atoms with Crippen LogP contribution in [-0.4, -0.2) is 58.7 Å². The minimum atomic E-state index is -0.321. The van der Waals surface area contributed by atoms with E-state index in [4.69, 9.17) is 0 Å². The largest absolute Gasteiger partial charge is 0.392 e. The van der Waals surface area contributed by atoms with Gasteiger partial charge < -0.3 is 15.1 Å². The van der Waals surface area contributed by atoms with E-state index in [1.807, 2.05) is 6.08 Å². The molecule has 144 valence electrons. The van der Waals surface area contributed by atoms with Crippen molar-refractivity contribution < 1.29 is 14.7 Å².